The highest BCUT2D eigenvalue weighted by Crippen LogP contribution is 2.10. The second kappa shape index (κ2) is 6.75. The summed E-state index contributed by atoms with van der Waals surface area (Å²) >= 11 is 0. The first-order chi connectivity index (χ1) is 7.65. The van der Waals surface area contributed by atoms with Crippen molar-refractivity contribution < 1.29 is 18.3 Å². The Hall–Kier alpha value is -0.750. The summed E-state index contributed by atoms with van der Waals surface area (Å²) < 4.78 is 28.3. The molecule has 16 heavy (non-hydrogen) atoms. The Morgan fingerprint density at radius 2 is 2.38 bits per heavy atom. The van der Waals surface area contributed by atoms with Crippen LogP contribution in [0.4, 0.5) is 8.78 Å². The van der Waals surface area contributed by atoms with E-state index >= 15 is 0 Å². The number of hydrogen-bond acceptors (Lipinski definition) is 3. The van der Waals surface area contributed by atoms with Crippen LogP contribution in [0.2, 0.25) is 0 Å². The highest BCUT2D eigenvalue weighted by Gasteiger charge is 2.26. The van der Waals surface area contributed by atoms with Crippen LogP contribution in [-0.2, 0) is 9.53 Å². The molecule has 1 amide bonds. The fraction of sp³-hybridized carbons (Fsp3) is 0.900. The molecule has 1 atom stereocenters. The number of amides is 1. The molecule has 0 aromatic heterocycles. The molecule has 0 spiro atoms. The fourth-order valence-corrected chi connectivity index (χ4v) is 1.78. The van der Waals surface area contributed by atoms with E-state index in [1.54, 1.807) is 11.9 Å². The van der Waals surface area contributed by atoms with Crippen LogP contribution in [0, 0.1) is 0 Å². The van der Waals surface area contributed by atoms with E-state index in [1.807, 2.05) is 0 Å². The van der Waals surface area contributed by atoms with E-state index in [4.69, 9.17) is 4.74 Å². The van der Waals surface area contributed by atoms with Crippen molar-refractivity contribution in [1.29, 1.82) is 0 Å². The SMILES string of the molecule is CNC1CCCN(CCOCC(F)F)C1=O. The number of hydrogen-bond donors (Lipinski definition) is 1. The van der Waals surface area contributed by atoms with Crippen LogP contribution < -0.4 is 5.32 Å². The average molecular weight is 236 g/mol. The molecular weight excluding hydrogens is 218 g/mol. The van der Waals surface area contributed by atoms with Crippen LogP contribution in [-0.4, -0.2) is 56.6 Å². The molecule has 1 aliphatic rings. The quantitative estimate of drug-likeness (QED) is 0.682. The van der Waals surface area contributed by atoms with E-state index in [9.17, 15) is 13.6 Å². The lowest BCUT2D eigenvalue weighted by atomic mass is 10.1. The highest BCUT2D eigenvalue weighted by atomic mass is 19.3. The molecule has 1 unspecified atom stereocenters. The van der Waals surface area contributed by atoms with Crippen molar-refractivity contribution in [1.82, 2.24) is 10.2 Å². The molecule has 0 saturated carbocycles. The summed E-state index contributed by atoms with van der Waals surface area (Å²) in [5, 5.41) is 2.94. The van der Waals surface area contributed by atoms with Crippen LogP contribution >= 0.6 is 0 Å². The van der Waals surface area contributed by atoms with Gasteiger partial charge in [0.05, 0.1) is 12.6 Å². The van der Waals surface area contributed by atoms with Gasteiger partial charge in [-0.3, -0.25) is 4.79 Å². The minimum absolute atomic E-state index is 0.0365. The molecule has 4 nitrogen and oxygen atoms in total. The lowest BCUT2D eigenvalue weighted by molar-refractivity contribution is -0.136. The molecule has 0 aliphatic carbocycles. The summed E-state index contributed by atoms with van der Waals surface area (Å²) in [5.74, 6) is 0.0365. The maximum atomic E-state index is 11.8. The van der Waals surface area contributed by atoms with Crippen LogP contribution in [0.5, 0.6) is 0 Å². The second-order valence-electron chi connectivity index (χ2n) is 3.77. The third kappa shape index (κ3) is 4.02. The van der Waals surface area contributed by atoms with E-state index in [1.165, 1.54) is 0 Å². The largest absolute Gasteiger partial charge is 0.374 e. The zero-order valence-corrected chi connectivity index (χ0v) is 9.42. The number of carbonyl (C=O) groups excluding carboxylic acids is 1. The number of nitrogens with zero attached hydrogens (tertiary/aromatic N) is 1. The van der Waals surface area contributed by atoms with E-state index in [-0.39, 0.29) is 18.6 Å². The van der Waals surface area contributed by atoms with Crippen molar-refractivity contribution in [3.8, 4) is 0 Å². The summed E-state index contributed by atoms with van der Waals surface area (Å²) in [5.41, 5.74) is 0. The number of nitrogens with one attached hydrogen (secondary N) is 1. The van der Waals surface area contributed by atoms with Gasteiger partial charge in [-0.15, -0.1) is 0 Å². The Bertz CT molecular complexity index is 227. The molecular formula is C10H18F2N2O2. The Morgan fingerprint density at radius 3 is 3.00 bits per heavy atom. The number of carbonyl (C=O) groups is 1. The molecule has 1 N–H and O–H groups in total. The van der Waals surface area contributed by atoms with Crippen LogP contribution in [0.1, 0.15) is 12.8 Å². The van der Waals surface area contributed by atoms with Crippen molar-refractivity contribution in [3.05, 3.63) is 0 Å². The molecule has 1 heterocycles. The highest BCUT2D eigenvalue weighted by molar-refractivity contribution is 5.82. The number of piperidine rings is 1. The number of ether oxygens (including phenoxy) is 1. The van der Waals surface area contributed by atoms with E-state index in [0.29, 0.717) is 13.1 Å². The normalized spacial score (nSPS) is 21.9. The van der Waals surface area contributed by atoms with Crippen molar-refractivity contribution >= 4 is 5.91 Å². The number of rotatable bonds is 6. The van der Waals surface area contributed by atoms with Crippen molar-refractivity contribution in [2.75, 3.05) is 33.4 Å². The van der Waals surface area contributed by atoms with Gasteiger partial charge in [-0.05, 0) is 19.9 Å². The van der Waals surface area contributed by atoms with E-state index in [2.05, 4.69) is 5.32 Å². The lowest BCUT2D eigenvalue weighted by Gasteiger charge is -2.31. The number of halogens is 2. The van der Waals surface area contributed by atoms with Crippen LogP contribution in [0.3, 0.4) is 0 Å². The maximum Gasteiger partial charge on any atom is 0.261 e. The van der Waals surface area contributed by atoms with Gasteiger partial charge in [0.1, 0.15) is 6.61 Å². The predicted octanol–water partition coefficient (Wildman–Crippen LogP) is 0.478. The molecule has 0 aromatic carbocycles. The van der Waals surface area contributed by atoms with Crippen molar-refractivity contribution in [2.24, 2.45) is 0 Å². The zero-order valence-electron chi connectivity index (χ0n) is 9.42. The Kier molecular flexibility index (Phi) is 5.62. The van der Waals surface area contributed by atoms with E-state index in [0.717, 1.165) is 12.8 Å². The number of likely N-dealkylation sites (tertiary alicyclic amines) is 1. The van der Waals surface area contributed by atoms with E-state index < -0.39 is 13.0 Å². The third-order valence-electron chi connectivity index (χ3n) is 2.63. The Balaban J connectivity index is 2.22. The summed E-state index contributed by atoms with van der Waals surface area (Å²) in [6.45, 7) is 0.697. The zero-order chi connectivity index (χ0) is 12.0. The molecule has 94 valence electrons. The first-order valence-electron chi connectivity index (χ1n) is 5.47. The average Bonchev–Trinajstić information content (AvgIpc) is 2.26. The molecule has 1 aliphatic heterocycles. The standard InChI is InChI=1S/C10H18F2N2O2/c1-13-8-3-2-4-14(10(8)15)5-6-16-7-9(11)12/h8-9,13H,2-7H2,1H3. The van der Waals surface area contributed by atoms with Gasteiger partial charge in [-0.25, -0.2) is 8.78 Å². The minimum Gasteiger partial charge on any atom is -0.374 e. The minimum atomic E-state index is -2.44. The number of likely N-dealkylation sites (N-methyl/N-ethyl adjacent to an activating group) is 1. The van der Waals surface area contributed by atoms with Crippen LogP contribution in [0.25, 0.3) is 0 Å². The van der Waals surface area contributed by atoms with Gasteiger partial charge in [0.25, 0.3) is 6.43 Å². The smallest absolute Gasteiger partial charge is 0.261 e. The van der Waals surface area contributed by atoms with Gasteiger partial charge in [0.15, 0.2) is 0 Å². The maximum absolute atomic E-state index is 11.8. The first kappa shape index (κ1) is 13.3. The summed E-state index contributed by atoms with van der Waals surface area (Å²) in [7, 11) is 1.75. The van der Waals surface area contributed by atoms with Gasteiger partial charge in [0, 0.05) is 13.1 Å². The van der Waals surface area contributed by atoms with Gasteiger partial charge in [0.2, 0.25) is 5.91 Å². The third-order valence-corrected chi connectivity index (χ3v) is 2.63. The Morgan fingerprint density at radius 1 is 1.62 bits per heavy atom. The predicted molar refractivity (Wildman–Crippen MR) is 55.5 cm³/mol. The molecule has 1 saturated heterocycles. The van der Waals surface area contributed by atoms with Gasteiger partial charge >= 0.3 is 0 Å². The molecule has 6 heteroatoms. The summed E-state index contributed by atoms with van der Waals surface area (Å²) in [6.07, 6.45) is -0.669. The van der Waals surface area contributed by atoms with Gasteiger partial charge < -0.3 is 15.0 Å². The molecule has 0 radical (unpaired) electrons. The van der Waals surface area contributed by atoms with Gasteiger partial charge in [-0.1, -0.05) is 0 Å². The monoisotopic (exact) mass is 236 g/mol. The van der Waals surface area contributed by atoms with Crippen molar-refractivity contribution in [3.63, 3.8) is 0 Å². The number of alkyl halides is 2. The van der Waals surface area contributed by atoms with Gasteiger partial charge in [-0.2, -0.15) is 0 Å². The summed E-state index contributed by atoms with van der Waals surface area (Å²) in [4.78, 5) is 13.4. The van der Waals surface area contributed by atoms with Crippen LogP contribution in [0.15, 0.2) is 0 Å². The molecule has 1 fully saturated rings. The summed E-state index contributed by atoms with van der Waals surface area (Å²) in [6, 6.07) is -0.135. The fourth-order valence-electron chi connectivity index (χ4n) is 1.78. The lowest BCUT2D eigenvalue weighted by Crippen LogP contribution is -2.50. The molecule has 0 aromatic rings. The van der Waals surface area contributed by atoms with Crippen molar-refractivity contribution in [2.45, 2.75) is 25.3 Å². The second-order valence-corrected chi connectivity index (χ2v) is 3.77. The Labute approximate surface area is 93.9 Å². The molecule has 1 rings (SSSR count). The first-order valence-corrected chi connectivity index (χ1v) is 5.47. The topological polar surface area (TPSA) is 41.6 Å². The molecule has 0 bridgehead atoms.